The molecule has 1 saturated carbocycles. The van der Waals surface area contributed by atoms with Crippen molar-refractivity contribution in [3.05, 3.63) is 0 Å². The van der Waals surface area contributed by atoms with E-state index in [-0.39, 0.29) is 0 Å². The summed E-state index contributed by atoms with van der Waals surface area (Å²) in [4.78, 5) is 2.61. The first-order chi connectivity index (χ1) is 7.22. The fourth-order valence-corrected chi connectivity index (χ4v) is 3.10. The van der Waals surface area contributed by atoms with Crippen LogP contribution in [0.5, 0.6) is 0 Å². The SMILES string of the molecule is COC1CCCC1N1CCC(N)C(C)C1. The first-order valence-corrected chi connectivity index (χ1v) is 6.24. The van der Waals surface area contributed by atoms with Crippen LogP contribution in [0.4, 0.5) is 0 Å². The van der Waals surface area contributed by atoms with Gasteiger partial charge < -0.3 is 10.5 Å². The summed E-state index contributed by atoms with van der Waals surface area (Å²) in [5, 5.41) is 0. The van der Waals surface area contributed by atoms with Crippen molar-refractivity contribution in [1.82, 2.24) is 4.90 Å². The van der Waals surface area contributed by atoms with E-state index < -0.39 is 0 Å². The number of likely N-dealkylation sites (tertiary alicyclic amines) is 1. The van der Waals surface area contributed by atoms with Crippen LogP contribution in [0.15, 0.2) is 0 Å². The van der Waals surface area contributed by atoms with Crippen LogP contribution in [0.2, 0.25) is 0 Å². The monoisotopic (exact) mass is 212 g/mol. The minimum absolute atomic E-state index is 0.406. The minimum Gasteiger partial charge on any atom is -0.380 e. The van der Waals surface area contributed by atoms with Crippen molar-refractivity contribution in [2.24, 2.45) is 11.7 Å². The topological polar surface area (TPSA) is 38.5 Å². The molecule has 0 aromatic rings. The predicted octanol–water partition coefficient (Wildman–Crippen LogP) is 1.22. The van der Waals surface area contributed by atoms with Crippen molar-refractivity contribution < 1.29 is 4.74 Å². The van der Waals surface area contributed by atoms with Gasteiger partial charge in [-0.2, -0.15) is 0 Å². The van der Waals surface area contributed by atoms with Gasteiger partial charge in [0.2, 0.25) is 0 Å². The Kier molecular flexibility index (Phi) is 3.65. The molecule has 0 aromatic carbocycles. The quantitative estimate of drug-likeness (QED) is 0.748. The molecule has 2 aliphatic rings. The summed E-state index contributed by atoms with van der Waals surface area (Å²) in [5.74, 6) is 0.636. The van der Waals surface area contributed by atoms with Crippen molar-refractivity contribution in [2.45, 2.75) is 50.8 Å². The Morgan fingerprint density at radius 3 is 2.73 bits per heavy atom. The molecule has 4 unspecified atom stereocenters. The van der Waals surface area contributed by atoms with E-state index in [4.69, 9.17) is 10.5 Å². The van der Waals surface area contributed by atoms with Crippen molar-refractivity contribution in [1.29, 1.82) is 0 Å². The van der Waals surface area contributed by atoms with Gasteiger partial charge >= 0.3 is 0 Å². The van der Waals surface area contributed by atoms with Crippen LogP contribution >= 0.6 is 0 Å². The fourth-order valence-electron chi connectivity index (χ4n) is 3.10. The minimum atomic E-state index is 0.406. The third-order valence-corrected chi connectivity index (χ3v) is 4.19. The second-order valence-electron chi connectivity index (χ2n) is 5.20. The van der Waals surface area contributed by atoms with E-state index >= 15 is 0 Å². The van der Waals surface area contributed by atoms with Crippen LogP contribution in [0, 0.1) is 5.92 Å². The van der Waals surface area contributed by atoms with E-state index in [0.29, 0.717) is 24.1 Å². The third kappa shape index (κ3) is 2.35. The first kappa shape index (κ1) is 11.4. The van der Waals surface area contributed by atoms with Gasteiger partial charge in [-0.15, -0.1) is 0 Å². The Labute approximate surface area is 93.0 Å². The molecule has 0 spiro atoms. The summed E-state index contributed by atoms with van der Waals surface area (Å²) < 4.78 is 5.57. The maximum atomic E-state index is 6.05. The summed E-state index contributed by atoms with van der Waals surface area (Å²) >= 11 is 0. The Morgan fingerprint density at radius 1 is 1.27 bits per heavy atom. The van der Waals surface area contributed by atoms with Gasteiger partial charge in [-0.3, -0.25) is 4.90 Å². The van der Waals surface area contributed by atoms with Crippen molar-refractivity contribution in [3.63, 3.8) is 0 Å². The summed E-state index contributed by atoms with van der Waals surface area (Å²) in [6, 6.07) is 1.06. The van der Waals surface area contributed by atoms with E-state index in [1.54, 1.807) is 0 Å². The zero-order valence-electron chi connectivity index (χ0n) is 9.98. The van der Waals surface area contributed by atoms with Gasteiger partial charge in [-0.25, -0.2) is 0 Å². The number of hydrogen-bond acceptors (Lipinski definition) is 3. The van der Waals surface area contributed by atoms with Gasteiger partial charge in [0.25, 0.3) is 0 Å². The van der Waals surface area contributed by atoms with E-state index in [0.717, 1.165) is 19.5 Å². The lowest BCUT2D eigenvalue weighted by atomic mass is 9.93. The average molecular weight is 212 g/mol. The van der Waals surface area contributed by atoms with Crippen LogP contribution in [-0.2, 0) is 4.74 Å². The highest BCUT2D eigenvalue weighted by molar-refractivity contribution is 4.90. The number of nitrogens with two attached hydrogens (primary N) is 1. The molecule has 1 aliphatic heterocycles. The second kappa shape index (κ2) is 4.81. The summed E-state index contributed by atoms with van der Waals surface area (Å²) in [6.07, 6.45) is 5.47. The molecule has 4 atom stereocenters. The number of methoxy groups -OCH3 is 1. The van der Waals surface area contributed by atoms with Crippen LogP contribution in [0.1, 0.15) is 32.6 Å². The number of rotatable bonds is 2. The molecule has 15 heavy (non-hydrogen) atoms. The molecule has 1 saturated heterocycles. The number of piperidine rings is 1. The van der Waals surface area contributed by atoms with Gasteiger partial charge in [-0.1, -0.05) is 6.92 Å². The zero-order chi connectivity index (χ0) is 10.8. The molecule has 0 bridgehead atoms. The molecule has 3 heteroatoms. The highest BCUT2D eigenvalue weighted by Gasteiger charge is 2.35. The zero-order valence-corrected chi connectivity index (χ0v) is 9.98. The second-order valence-corrected chi connectivity index (χ2v) is 5.20. The molecule has 0 radical (unpaired) electrons. The average Bonchev–Trinajstić information content (AvgIpc) is 2.70. The Bertz CT molecular complexity index is 210. The van der Waals surface area contributed by atoms with Crippen LogP contribution in [0.25, 0.3) is 0 Å². The van der Waals surface area contributed by atoms with Crippen molar-refractivity contribution in [3.8, 4) is 0 Å². The highest BCUT2D eigenvalue weighted by Crippen LogP contribution is 2.29. The number of hydrogen-bond donors (Lipinski definition) is 1. The smallest absolute Gasteiger partial charge is 0.0726 e. The number of nitrogens with zero attached hydrogens (tertiary/aromatic N) is 1. The molecule has 2 N–H and O–H groups in total. The van der Waals surface area contributed by atoms with Crippen LogP contribution in [0.3, 0.4) is 0 Å². The molecule has 1 heterocycles. The molecule has 2 fully saturated rings. The van der Waals surface area contributed by atoms with Gasteiger partial charge in [0.05, 0.1) is 6.10 Å². The molecule has 0 aromatic heterocycles. The first-order valence-electron chi connectivity index (χ1n) is 6.24. The fraction of sp³-hybridized carbons (Fsp3) is 1.00. The lowest BCUT2D eigenvalue weighted by molar-refractivity contribution is 0.0133. The molecular weight excluding hydrogens is 188 g/mol. The summed E-state index contributed by atoms with van der Waals surface area (Å²) in [7, 11) is 1.85. The predicted molar refractivity (Wildman–Crippen MR) is 61.8 cm³/mol. The standard InChI is InChI=1S/C12H24N2O/c1-9-8-14(7-6-10(9)13)11-4-3-5-12(11)15-2/h9-12H,3-8,13H2,1-2H3. The summed E-state index contributed by atoms with van der Waals surface area (Å²) in [6.45, 7) is 4.59. The van der Waals surface area contributed by atoms with E-state index in [9.17, 15) is 0 Å². The van der Waals surface area contributed by atoms with Gasteiger partial charge in [0.1, 0.15) is 0 Å². The maximum absolute atomic E-state index is 6.05. The van der Waals surface area contributed by atoms with E-state index in [1.807, 2.05) is 7.11 Å². The lowest BCUT2D eigenvalue weighted by Crippen LogP contribution is -2.51. The van der Waals surface area contributed by atoms with Crippen molar-refractivity contribution >= 4 is 0 Å². The lowest BCUT2D eigenvalue weighted by Gasteiger charge is -2.40. The largest absolute Gasteiger partial charge is 0.380 e. The van der Waals surface area contributed by atoms with E-state index in [2.05, 4.69) is 11.8 Å². The Hall–Kier alpha value is -0.120. The van der Waals surface area contributed by atoms with Gasteiger partial charge in [0.15, 0.2) is 0 Å². The third-order valence-electron chi connectivity index (χ3n) is 4.19. The normalized spacial score (nSPS) is 43.4. The van der Waals surface area contributed by atoms with E-state index in [1.165, 1.54) is 19.3 Å². The van der Waals surface area contributed by atoms with Crippen molar-refractivity contribution in [2.75, 3.05) is 20.2 Å². The molecule has 1 aliphatic carbocycles. The Morgan fingerprint density at radius 2 is 2.07 bits per heavy atom. The van der Waals surface area contributed by atoms with Crippen LogP contribution < -0.4 is 5.73 Å². The molecule has 2 rings (SSSR count). The highest BCUT2D eigenvalue weighted by atomic mass is 16.5. The summed E-state index contributed by atoms with van der Waals surface area (Å²) in [5.41, 5.74) is 6.05. The molecule has 0 amide bonds. The van der Waals surface area contributed by atoms with Gasteiger partial charge in [-0.05, 0) is 31.6 Å². The Balaban J connectivity index is 1.93. The van der Waals surface area contributed by atoms with Crippen LogP contribution in [-0.4, -0.2) is 43.3 Å². The number of ether oxygens (including phenoxy) is 1. The molecular formula is C12H24N2O. The molecule has 3 nitrogen and oxygen atoms in total. The maximum Gasteiger partial charge on any atom is 0.0726 e. The molecule has 88 valence electrons. The van der Waals surface area contributed by atoms with Gasteiger partial charge in [0, 0.05) is 32.3 Å².